The van der Waals surface area contributed by atoms with Gasteiger partial charge in [0.05, 0.1) is 0 Å². The van der Waals surface area contributed by atoms with E-state index in [9.17, 15) is 21.6 Å². The van der Waals surface area contributed by atoms with Crippen molar-refractivity contribution in [3.05, 3.63) is 0 Å². The number of alkyl halides is 3. The lowest BCUT2D eigenvalue weighted by molar-refractivity contribution is -0.138. The number of hydrogen-bond donors (Lipinski definition) is 0. The van der Waals surface area contributed by atoms with Crippen LogP contribution >= 0.6 is 10.7 Å². The van der Waals surface area contributed by atoms with Crippen molar-refractivity contribution < 1.29 is 21.6 Å². The van der Waals surface area contributed by atoms with Gasteiger partial charge in [-0.15, -0.1) is 0 Å². The van der Waals surface area contributed by atoms with Crippen molar-refractivity contribution in [2.45, 2.75) is 31.7 Å². The maximum atomic E-state index is 12.2. The van der Waals surface area contributed by atoms with Crippen LogP contribution in [0.4, 0.5) is 13.2 Å². The van der Waals surface area contributed by atoms with Gasteiger partial charge in [0.25, 0.3) is 0 Å². The summed E-state index contributed by atoms with van der Waals surface area (Å²) in [6.45, 7) is 2.68. The molecule has 0 N–H and O–H groups in total. The summed E-state index contributed by atoms with van der Waals surface area (Å²) in [5, 5.41) is -2.47. The van der Waals surface area contributed by atoms with Gasteiger partial charge in [-0.2, -0.15) is 13.2 Å². The molecule has 0 aromatic heterocycles. The average molecular weight is 239 g/mol. The summed E-state index contributed by atoms with van der Waals surface area (Å²) < 4.78 is 57.8. The molecule has 0 saturated heterocycles. The van der Waals surface area contributed by atoms with E-state index in [-0.39, 0.29) is 6.42 Å². The lowest BCUT2D eigenvalue weighted by atomic mass is 10.0. The highest BCUT2D eigenvalue weighted by atomic mass is 35.7. The summed E-state index contributed by atoms with van der Waals surface area (Å²) in [7, 11) is 0.123. The minimum Gasteiger partial charge on any atom is -0.212 e. The summed E-state index contributed by atoms with van der Waals surface area (Å²) in [6, 6.07) is 0. The van der Waals surface area contributed by atoms with Gasteiger partial charge in [0.15, 0.2) is 5.25 Å². The third kappa shape index (κ3) is 3.72. The van der Waals surface area contributed by atoms with E-state index in [2.05, 4.69) is 0 Å². The molecule has 0 radical (unpaired) electrons. The van der Waals surface area contributed by atoms with E-state index < -0.39 is 26.4 Å². The van der Waals surface area contributed by atoms with Gasteiger partial charge >= 0.3 is 6.18 Å². The minimum atomic E-state index is -4.80. The third-order valence-corrected chi connectivity index (χ3v) is 3.70. The van der Waals surface area contributed by atoms with Crippen LogP contribution in [0.2, 0.25) is 0 Å². The van der Waals surface area contributed by atoms with Crippen LogP contribution in [-0.2, 0) is 9.05 Å². The zero-order valence-corrected chi connectivity index (χ0v) is 8.67. The Bertz CT molecular complexity index is 260. The molecule has 0 bridgehead atoms. The zero-order valence-electron chi connectivity index (χ0n) is 7.10. The fraction of sp³-hybridized carbons (Fsp3) is 1.00. The van der Waals surface area contributed by atoms with Crippen molar-refractivity contribution in [3.8, 4) is 0 Å². The first-order valence-corrected chi connectivity index (χ1v) is 5.98. The first-order chi connectivity index (χ1) is 5.60. The quantitative estimate of drug-likeness (QED) is 0.708. The van der Waals surface area contributed by atoms with E-state index in [0.29, 0.717) is 0 Å². The highest BCUT2D eigenvalue weighted by Crippen LogP contribution is 2.34. The second-order valence-electron chi connectivity index (χ2n) is 2.82. The maximum absolute atomic E-state index is 12.2. The molecule has 0 aliphatic carbocycles. The van der Waals surface area contributed by atoms with Crippen LogP contribution in [0.3, 0.4) is 0 Å². The molecule has 0 fully saturated rings. The monoisotopic (exact) mass is 238 g/mol. The van der Waals surface area contributed by atoms with E-state index in [1.54, 1.807) is 0 Å². The second kappa shape index (κ2) is 4.04. The molecule has 80 valence electrons. The van der Waals surface area contributed by atoms with Gasteiger partial charge in [-0.25, -0.2) is 8.42 Å². The molecule has 0 spiro atoms. The summed E-state index contributed by atoms with van der Waals surface area (Å²) in [4.78, 5) is 0. The Morgan fingerprint density at radius 3 is 1.85 bits per heavy atom. The lowest BCUT2D eigenvalue weighted by Gasteiger charge is -2.22. The Morgan fingerprint density at radius 2 is 1.77 bits per heavy atom. The van der Waals surface area contributed by atoms with Crippen LogP contribution in [0, 0.1) is 5.92 Å². The molecule has 0 heterocycles. The smallest absolute Gasteiger partial charge is 0.212 e. The molecule has 2 nitrogen and oxygen atoms in total. The fourth-order valence-electron chi connectivity index (χ4n) is 0.974. The van der Waals surface area contributed by atoms with Crippen LogP contribution in [-0.4, -0.2) is 19.8 Å². The number of rotatable bonds is 3. The maximum Gasteiger partial charge on any atom is 0.406 e. The van der Waals surface area contributed by atoms with Gasteiger partial charge in [0.1, 0.15) is 0 Å². The van der Waals surface area contributed by atoms with E-state index in [0.717, 1.165) is 0 Å². The largest absolute Gasteiger partial charge is 0.406 e. The molecule has 0 rings (SSSR count). The lowest BCUT2D eigenvalue weighted by Crippen LogP contribution is -2.39. The van der Waals surface area contributed by atoms with Gasteiger partial charge in [-0.3, -0.25) is 0 Å². The molecular formula is C6H10ClF3O2S. The Labute approximate surface area is 79.5 Å². The van der Waals surface area contributed by atoms with Crippen LogP contribution < -0.4 is 0 Å². The van der Waals surface area contributed by atoms with Gasteiger partial charge < -0.3 is 0 Å². The Morgan fingerprint density at radius 1 is 1.38 bits per heavy atom. The second-order valence-corrected chi connectivity index (χ2v) is 5.57. The van der Waals surface area contributed by atoms with Crippen molar-refractivity contribution in [1.82, 2.24) is 0 Å². The molecular weight excluding hydrogens is 229 g/mol. The summed E-state index contributed by atoms with van der Waals surface area (Å²) in [5.41, 5.74) is 0. The minimum absolute atomic E-state index is 0.107. The predicted octanol–water partition coefficient (Wildman–Crippen LogP) is 2.53. The van der Waals surface area contributed by atoms with Crippen LogP contribution in [0.15, 0.2) is 0 Å². The van der Waals surface area contributed by atoms with E-state index in [1.165, 1.54) is 13.8 Å². The molecule has 2 unspecified atom stereocenters. The third-order valence-electron chi connectivity index (χ3n) is 1.79. The molecule has 0 saturated carbocycles. The van der Waals surface area contributed by atoms with Gasteiger partial charge in [-0.05, 0) is 5.92 Å². The van der Waals surface area contributed by atoms with Crippen molar-refractivity contribution >= 4 is 19.7 Å². The fourth-order valence-corrected chi connectivity index (χ4v) is 2.87. The Balaban J connectivity index is 5.01. The van der Waals surface area contributed by atoms with Gasteiger partial charge in [0, 0.05) is 10.7 Å². The molecule has 0 aromatic rings. The average Bonchev–Trinajstić information content (AvgIpc) is 1.80. The zero-order chi connectivity index (χ0) is 10.9. The molecule has 2 atom stereocenters. The molecule has 0 amide bonds. The summed E-state index contributed by atoms with van der Waals surface area (Å²) >= 11 is 0. The van der Waals surface area contributed by atoms with Crippen molar-refractivity contribution in [2.24, 2.45) is 5.92 Å². The standard InChI is InChI=1S/C6H10ClF3O2S/c1-3-4(2)5(6(8,9)10)13(7,11)12/h4-5H,3H2,1-2H3. The highest BCUT2D eigenvalue weighted by Gasteiger charge is 2.50. The summed E-state index contributed by atoms with van der Waals surface area (Å²) in [5.74, 6) is -1.03. The van der Waals surface area contributed by atoms with Crippen LogP contribution in [0.1, 0.15) is 20.3 Å². The number of hydrogen-bond acceptors (Lipinski definition) is 2. The molecule has 0 aliphatic rings. The predicted molar refractivity (Wildman–Crippen MR) is 44.1 cm³/mol. The number of halogens is 4. The van der Waals surface area contributed by atoms with Crippen molar-refractivity contribution in [1.29, 1.82) is 0 Å². The topological polar surface area (TPSA) is 34.1 Å². The SMILES string of the molecule is CCC(C)C(C(F)(F)F)S(=O)(=O)Cl. The van der Waals surface area contributed by atoms with Crippen molar-refractivity contribution in [2.75, 3.05) is 0 Å². The first kappa shape index (κ1) is 13.0. The van der Waals surface area contributed by atoms with E-state index >= 15 is 0 Å². The Hall–Kier alpha value is 0.0300. The Kier molecular flexibility index (Phi) is 4.05. The molecule has 7 heteroatoms. The van der Waals surface area contributed by atoms with Gasteiger partial charge in [-0.1, -0.05) is 20.3 Å². The molecule has 13 heavy (non-hydrogen) atoms. The van der Waals surface area contributed by atoms with Crippen LogP contribution in [0.25, 0.3) is 0 Å². The summed E-state index contributed by atoms with van der Waals surface area (Å²) in [6.07, 6.45) is -4.69. The normalized spacial score (nSPS) is 18.3. The van der Waals surface area contributed by atoms with Gasteiger partial charge in [0.2, 0.25) is 9.05 Å². The van der Waals surface area contributed by atoms with E-state index in [4.69, 9.17) is 10.7 Å². The molecule has 0 aromatic carbocycles. The van der Waals surface area contributed by atoms with Crippen molar-refractivity contribution in [3.63, 3.8) is 0 Å². The first-order valence-electron chi connectivity index (χ1n) is 3.60. The van der Waals surface area contributed by atoms with Crippen LogP contribution in [0.5, 0.6) is 0 Å². The molecule has 0 aliphatic heterocycles. The van der Waals surface area contributed by atoms with E-state index in [1.807, 2.05) is 0 Å². The highest BCUT2D eigenvalue weighted by molar-refractivity contribution is 8.14.